The van der Waals surface area contributed by atoms with Crippen LogP contribution in [0.25, 0.3) is 0 Å². The third kappa shape index (κ3) is 5.68. The molecule has 7 nitrogen and oxygen atoms in total. The van der Waals surface area contributed by atoms with Crippen molar-refractivity contribution >= 4 is 23.4 Å². The second-order valence-corrected chi connectivity index (χ2v) is 5.81. The van der Waals surface area contributed by atoms with Crippen molar-refractivity contribution in [1.82, 2.24) is 15.1 Å². The topological polar surface area (TPSA) is 91.1 Å². The Bertz CT molecular complexity index is 337. The van der Waals surface area contributed by atoms with Gasteiger partial charge in [0, 0.05) is 26.2 Å². The van der Waals surface area contributed by atoms with E-state index >= 15 is 0 Å². The number of nitrogens with one attached hydrogen (secondary N) is 1. The Balaban J connectivity index is 2.40. The van der Waals surface area contributed by atoms with Gasteiger partial charge in [0.1, 0.15) is 0 Å². The van der Waals surface area contributed by atoms with Gasteiger partial charge in [-0.2, -0.15) is 0 Å². The number of aliphatic hydroxyl groups is 1. The van der Waals surface area contributed by atoms with E-state index in [-0.39, 0.29) is 11.1 Å². The summed E-state index contributed by atoms with van der Waals surface area (Å²) in [6.07, 6.45) is -0.958. The molecule has 8 heteroatoms. The zero-order valence-corrected chi connectivity index (χ0v) is 12.4. The molecule has 1 aliphatic rings. The van der Waals surface area contributed by atoms with Crippen LogP contribution in [0.5, 0.6) is 0 Å². The van der Waals surface area contributed by atoms with Crippen molar-refractivity contribution in [3.8, 4) is 0 Å². The van der Waals surface area contributed by atoms with Crippen LogP contribution in [-0.4, -0.2) is 64.2 Å². The molecule has 1 rings (SSSR count). The first kappa shape index (κ1) is 16.1. The van der Waals surface area contributed by atoms with Gasteiger partial charge in [-0.25, -0.2) is 4.79 Å². The Kier molecular flexibility index (Phi) is 5.48. The predicted molar refractivity (Wildman–Crippen MR) is 75.3 cm³/mol. The number of thiocarbonyl (C=S) groups is 1. The molecule has 1 atom stereocenters. The normalized spacial score (nSPS) is 19.1. The smallest absolute Gasteiger partial charge is 0.323 e. The van der Waals surface area contributed by atoms with Crippen molar-refractivity contribution in [2.75, 3.05) is 26.2 Å². The molecule has 4 N–H and O–H groups in total. The number of hydrogen-bond donors (Lipinski definition) is 3. The van der Waals surface area contributed by atoms with Crippen LogP contribution >= 0.6 is 12.2 Å². The van der Waals surface area contributed by atoms with Crippen molar-refractivity contribution in [2.45, 2.75) is 32.8 Å². The summed E-state index contributed by atoms with van der Waals surface area (Å²) in [5.41, 5.74) is 4.83. The predicted octanol–water partition coefficient (Wildman–Crippen LogP) is -0.352. The molecule has 0 bridgehead atoms. The molecule has 1 heterocycles. The van der Waals surface area contributed by atoms with Gasteiger partial charge in [-0.05, 0) is 33.0 Å². The number of nitrogens with zero attached hydrogens (tertiary/aromatic N) is 2. The van der Waals surface area contributed by atoms with Gasteiger partial charge in [0.2, 0.25) is 6.41 Å². The molecule has 19 heavy (non-hydrogen) atoms. The molecule has 0 aromatic carbocycles. The maximum atomic E-state index is 11.6. The van der Waals surface area contributed by atoms with Gasteiger partial charge in [0.25, 0.3) is 0 Å². The van der Waals surface area contributed by atoms with E-state index in [0.29, 0.717) is 26.2 Å². The summed E-state index contributed by atoms with van der Waals surface area (Å²) < 4.78 is 5.46. The number of urea groups is 1. The molecule has 1 unspecified atom stereocenters. The van der Waals surface area contributed by atoms with E-state index in [1.54, 1.807) is 9.80 Å². The fourth-order valence-electron chi connectivity index (χ4n) is 1.72. The second kappa shape index (κ2) is 6.47. The fourth-order valence-corrected chi connectivity index (χ4v) is 1.81. The molecule has 0 aliphatic carbocycles. The maximum Gasteiger partial charge on any atom is 0.323 e. The third-order valence-electron chi connectivity index (χ3n) is 2.60. The molecule has 0 spiro atoms. The summed E-state index contributed by atoms with van der Waals surface area (Å²) in [6.45, 7) is 7.66. The first-order valence-electron chi connectivity index (χ1n) is 6.14. The molecule has 110 valence electrons. The molecular formula is C11H22N4O3S. The first-order chi connectivity index (χ1) is 8.69. The van der Waals surface area contributed by atoms with Crippen molar-refractivity contribution in [3.05, 3.63) is 0 Å². The van der Waals surface area contributed by atoms with Crippen molar-refractivity contribution in [1.29, 1.82) is 0 Å². The lowest BCUT2D eigenvalue weighted by Crippen LogP contribution is -2.56. The van der Waals surface area contributed by atoms with E-state index in [2.05, 4.69) is 17.5 Å². The number of hydrogen-bond acceptors (Lipinski definition) is 5. The van der Waals surface area contributed by atoms with Crippen molar-refractivity contribution in [2.24, 2.45) is 5.73 Å². The minimum atomic E-state index is -0.958. The Morgan fingerprint density at radius 3 is 2.32 bits per heavy atom. The second-order valence-electron chi connectivity index (χ2n) is 5.37. The highest BCUT2D eigenvalue weighted by molar-refractivity contribution is 7.80. The number of nitrogens with two attached hydrogens (primary N) is 1. The van der Waals surface area contributed by atoms with Gasteiger partial charge < -0.3 is 20.5 Å². The lowest BCUT2D eigenvalue weighted by molar-refractivity contribution is -0.242. The zero-order chi connectivity index (χ0) is 14.6. The fraction of sp³-hybridized carbons (Fsp3) is 0.818. The van der Waals surface area contributed by atoms with Crippen molar-refractivity contribution < 1.29 is 14.6 Å². The summed E-state index contributed by atoms with van der Waals surface area (Å²) in [4.78, 5) is 15.0. The molecule has 0 aromatic rings. The Morgan fingerprint density at radius 2 is 1.89 bits per heavy atom. The average molecular weight is 290 g/mol. The number of aliphatic hydroxyl groups excluding tert-OH is 1. The molecule has 0 saturated carbocycles. The van der Waals surface area contributed by atoms with Gasteiger partial charge in [-0.3, -0.25) is 10.2 Å². The number of piperazine rings is 1. The Morgan fingerprint density at radius 1 is 1.37 bits per heavy atom. The highest BCUT2D eigenvalue weighted by Gasteiger charge is 2.28. The van der Waals surface area contributed by atoms with E-state index < -0.39 is 12.0 Å². The molecule has 0 radical (unpaired) electrons. The van der Waals surface area contributed by atoms with Gasteiger partial charge in [-0.15, -0.1) is 0 Å². The van der Waals surface area contributed by atoms with Gasteiger partial charge in [0.15, 0.2) is 5.11 Å². The highest BCUT2D eigenvalue weighted by Crippen LogP contribution is 2.14. The quantitative estimate of drug-likeness (QED) is 0.475. The highest BCUT2D eigenvalue weighted by atomic mass is 32.1. The molecule has 1 fully saturated rings. The van der Waals surface area contributed by atoms with Crippen LogP contribution in [0.4, 0.5) is 4.79 Å². The molecular weight excluding hydrogens is 268 g/mol. The van der Waals surface area contributed by atoms with Crippen LogP contribution in [0.3, 0.4) is 0 Å². The van der Waals surface area contributed by atoms with E-state index in [1.807, 2.05) is 20.8 Å². The molecule has 1 aliphatic heterocycles. The number of carbonyl (C=O) groups is 1. The summed E-state index contributed by atoms with van der Waals surface area (Å²) in [5.74, 6) is 0. The lowest BCUT2D eigenvalue weighted by Gasteiger charge is -2.38. The van der Waals surface area contributed by atoms with E-state index in [4.69, 9.17) is 10.5 Å². The Labute approximate surface area is 118 Å². The van der Waals surface area contributed by atoms with Crippen LogP contribution in [0.2, 0.25) is 0 Å². The monoisotopic (exact) mass is 290 g/mol. The molecule has 1 saturated heterocycles. The van der Waals surface area contributed by atoms with Crippen LogP contribution in [-0.2, 0) is 4.74 Å². The Hall–Kier alpha value is -0.960. The summed E-state index contributed by atoms with van der Waals surface area (Å²) in [5, 5.41) is 12.3. The van der Waals surface area contributed by atoms with E-state index in [1.165, 1.54) is 0 Å². The van der Waals surface area contributed by atoms with Gasteiger partial charge in [-0.1, -0.05) is 0 Å². The summed E-state index contributed by atoms with van der Waals surface area (Å²) >= 11 is 4.61. The first-order valence-corrected chi connectivity index (χ1v) is 6.55. The summed E-state index contributed by atoms with van der Waals surface area (Å²) in [6, 6.07) is -0.307. The largest absolute Gasteiger partial charge is 0.376 e. The van der Waals surface area contributed by atoms with Crippen LogP contribution in [0.15, 0.2) is 0 Å². The van der Waals surface area contributed by atoms with E-state index in [0.717, 1.165) is 0 Å². The van der Waals surface area contributed by atoms with Gasteiger partial charge >= 0.3 is 6.03 Å². The summed E-state index contributed by atoms with van der Waals surface area (Å²) in [7, 11) is 0. The van der Waals surface area contributed by atoms with E-state index in [9.17, 15) is 9.90 Å². The van der Waals surface area contributed by atoms with Crippen LogP contribution in [0.1, 0.15) is 20.8 Å². The SMILES string of the molecule is CC(C)(C)OC(O)N1CCN(C(=O)NC(N)=S)CC1. The number of amides is 2. The number of rotatable bonds is 2. The molecule has 2 amide bonds. The zero-order valence-electron chi connectivity index (χ0n) is 11.5. The van der Waals surface area contributed by atoms with Crippen LogP contribution < -0.4 is 11.1 Å². The molecule has 0 aromatic heterocycles. The number of carbonyl (C=O) groups excluding carboxylic acids is 1. The maximum absolute atomic E-state index is 11.6. The number of ether oxygens (including phenoxy) is 1. The average Bonchev–Trinajstić information content (AvgIpc) is 2.26. The lowest BCUT2D eigenvalue weighted by atomic mass is 10.2. The van der Waals surface area contributed by atoms with Gasteiger partial charge in [0.05, 0.1) is 5.60 Å². The third-order valence-corrected chi connectivity index (χ3v) is 2.71. The minimum absolute atomic E-state index is 0.0384. The minimum Gasteiger partial charge on any atom is -0.376 e. The standard InChI is InChI=1S/C11H22N4O3S/c1-11(2,3)18-10(17)15-6-4-14(5-7-15)9(16)13-8(12)19/h10,17H,4-7H2,1-3H3,(H3,12,13,16,19). The van der Waals surface area contributed by atoms with Crippen LogP contribution in [0, 0.1) is 0 Å². The van der Waals surface area contributed by atoms with Crippen molar-refractivity contribution in [3.63, 3.8) is 0 Å².